The predicted molar refractivity (Wildman–Crippen MR) is 95.6 cm³/mol. The van der Waals surface area contributed by atoms with E-state index in [0.717, 1.165) is 6.42 Å². The van der Waals surface area contributed by atoms with Crippen LogP contribution in [0.4, 0.5) is 11.4 Å². The van der Waals surface area contributed by atoms with E-state index in [2.05, 4.69) is 29.8 Å². The number of rotatable bonds is 7. The van der Waals surface area contributed by atoms with Crippen LogP contribution in [0, 0.1) is 11.3 Å². The molecule has 0 atom stereocenters. The van der Waals surface area contributed by atoms with E-state index in [1.807, 2.05) is 0 Å². The molecule has 0 saturated heterocycles. The largest absolute Gasteiger partial charge is 0.355 e. The molecule has 0 bridgehead atoms. The highest BCUT2D eigenvalue weighted by Crippen LogP contribution is 2.21. The van der Waals surface area contributed by atoms with Gasteiger partial charge in [0.05, 0.1) is 0 Å². The molecule has 0 radical (unpaired) electrons. The Hall–Kier alpha value is -2.37. The van der Waals surface area contributed by atoms with Gasteiger partial charge in [-0.05, 0) is 44.4 Å². The first kappa shape index (κ1) is 19.7. The summed E-state index contributed by atoms with van der Waals surface area (Å²) in [6.45, 7) is 9.29. The summed E-state index contributed by atoms with van der Waals surface area (Å²) in [6, 6.07) is 6.79. The van der Waals surface area contributed by atoms with E-state index < -0.39 is 11.3 Å². The van der Waals surface area contributed by atoms with Gasteiger partial charge in [0.15, 0.2) is 0 Å². The zero-order valence-corrected chi connectivity index (χ0v) is 15.0. The molecule has 6 heteroatoms. The molecule has 0 aliphatic heterocycles. The maximum atomic E-state index is 12.4. The summed E-state index contributed by atoms with van der Waals surface area (Å²) in [5, 5.41) is 8.18. The van der Waals surface area contributed by atoms with Crippen LogP contribution in [0.5, 0.6) is 0 Å². The zero-order chi connectivity index (χ0) is 18.3. The first-order valence-electron chi connectivity index (χ1n) is 8.10. The van der Waals surface area contributed by atoms with Crippen LogP contribution in [0.25, 0.3) is 0 Å². The van der Waals surface area contributed by atoms with Crippen molar-refractivity contribution in [2.75, 3.05) is 17.2 Å². The highest BCUT2D eigenvalue weighted by Gasteiger charge is 2.35. The highest BCUT2D eigenvalue weighted by atomic mass is 16.2. The van der Waals surface area contributed by atoms with Crippen molar-refractivity contribution in [3.8, 4) is 0 Å². The molecule has 0 aliphatic carbocycles. The van der Waals surface area contributed by atoms with Crippen LogP contribution < -0.4 is 16.0 Å². The van der Waals surface area contributed by atoms with Crippen molar-refractivity contribution >= 4 is 29.1 Å². The molecule has 0 heterocycles. The smallest absolute Gasteiger partial charge is 0.239 e. The lowest BCUT2D eigenvalue weighted by molar-refractivity contribution is -0.138. The Kier molecular flexibility index (Phi) is 6.95. The topological polar surface area (TPSA) is 87.3 Å². The molecule has 132 valence electrons. The molecule has 0 aliphatic rings. The lowest BCUT2D eigenvalue weighted by Crippen LogP contribution is -2.45. The van der Waals surface area contributed by atoms with Crippen LogP contribution in [-0.4, -0.2) is 24.3 Å². The number of amides is 3. The second kappa shape index (κ2) is 8.47. The first-order valence-corrected chi connectivity index (χ1v) is 8.10. The van der Waals surface area contributed by atoms with Crippen molar-refractivity contribution in [2.45, 2.75) is 41.0 Å². The number of carbonyl (C=O) groups is 3. The average molecular weight is 333 g/mol. The van der Waals surface area contributed by atoms with Crippen molar-refractivity contribution in [3.05, 3.63) is 24.3 Å². The molecule has 0 unspecified atom stereocenters. The Morgan fingerprint density at radius 3 is 2.17 bits per heavy atom. The molecule has 24 heavy (non-hydrogen) atoms. The van der Waals surface area contributed by atoms with E-state index in [9.17, 15) is 14.4 Å². The van der Waals surface area contributed by atoms with Gasteiger partial charge in [-0.15, -0.1) is 0 Å². The quantitative estimate of drug-likeness (QED) is 0.671. The Labute approximate surface area is 143 Å². The normalized spacial score (nSPS) is 11.1. The summed E-state index contributed by atoms with van der Waals surface area (Å²) in [4.78, 5) is 35.8. The van der Waals surface area contributed by atoms with Crippen LogP contribution in [0.1, 0.15) is 41.0 Å². The number of nitrogens with one attached hydrogen (secondary N) is 3. The van der Waals surface area contributed by atoms with Gasteiger partial charge in [0, 0.05) is 24.8 Å². The third-order valence-electron chi connectivity index (χ3n) is 3.58. The van der Waals surface area contributed by atoms with Crippen molar-refractivity contribution in [1.82, 2.24) is 5.32 Å². The van der Waals surface area contributed by atoms with Crippen LogP contribution in [0.15, 0.2) is 24.3 Å². The fourth-order valence-corrected chi connectivity index (χ4v) is 1.96. The maximum Gasteiger partial charge on any atom is 0.239 e. The van der Waals surface area contributed by atoms with Crippen LogP contribution in [-0.2, 0) is 14.4 Å². The molecule has 3 N–H and O–H groups in total. The van der Waals surface area contributed by atoms with Gasteiger partial charge in [-0.2, -0.15) is 0 Å². The number of anilines is 2. The molecule has 1 rings (SSSR count). The van der Waals surface area contributed by atoms with Gasteiger partial charge < -0.3 is 16.0 Å². The van der Waals surface area contributed by atoms with Gasteiger partial charge in [-0.25, -0.2) is 0 Å². The molecule has 1 aromatic carbocycles. The minimum atomic E-state index is -1.19. The highest BCUT2D eigenvalue weighted by molar-refractivity contribution is 6.10. The number of benzene rings is 1. The number of hydrogen-bond donors (Lipinski definition) is 3. The lowest BCUT2D eigenvalue weighted by atomic mass is 9.90. The van der Waals surface area contributed by atoms with Gasteiger partial charge in [-0.1, -0.05) is 19.9 Å². The second-order valence-electron chi connectivity index (χ2n) is 6.78. The molecule has 3 amide bonds. The summed E-state index contributed by atoms with van der Waals surface area (Å²) in [6.07, 6.45) is 0.863. The molecule has 0 spiro atoms. The van der Waals surface area contributed by atoms with E-state index >= 15 is 0 Å². The molecule has 0 saturated carbocycles. The Balaban J connectivity index is 2.71. The van der Waals surface area contributed by atoms with E-state index in [4.69, 9.17) is 0 Å². The van der Waals surface area contributed by atoms with Crippen LogP contribution in [0.3, 0.4) is 0 Å². The van der Waals surface area contributed by atoms with Gasteiger partial charge in [0.1, 0.15) is 5.41 Å². The van der Waals surface area contributed by atoms with Crippen molar-refractivity contribution in [1.29, 1.82) is 0 Å². The molecular formula is C18H27N3O3. The molecule has 0 aromatic heterocycles. The monoisotopic (exact) mass is 333 g/mol. The minimum Gasteiger partial charge on any atom is -0.355 e. The van der Waals surface area contributed by atoms with Gasteiger partial charge in [0.25, 0.3) is 0 Å². The Morgan fingerprint density at radius 2 is 1.62 bits per heavy atom. The van der Waals surface area contributed by atoms with E-state index in [0.29, 0.717) is 23.8 Å². The molecule has 1 aromatic rings. The first-order chi connectivity index (χ1) is 11.1. The van der Waals surface area contributed by atoms with Crippen LogP contribution in [0.2, 0.25) is 0 Å². The van der Waals surface area contributed by atoms with Crippen molar-refractivity contribution in [3.63, 3.8) is 0 Å². The SMILES string of the molecule is CC(=O)Nc1cccc(NC(=O)C(C)(C)C(=O)NCCC(C)C)c1. The predicted octanol–water partition coefficient (Wildman–Crippen LogP) is 2.77. The minimum absolute atomic E-state index is 0.191. The lowest BCUT2D eigenvalue weighted by Gasteiger charge is -2.23. The van der Waals surface area contributed by atoms with E-state index in [1.165, 1.54) is 6.92 Å². The Morgan fingerprint density at radius 1 is 1.04 bits per heavy atom. The summed E-state index contributed by atoms with van der Waals surface area (Å²) in [5.41, 5.74) is -0.0881. The van der Waals surface area contributed by atoms with Gasteiger partial charge in [-0.3, -0.25) is 14.4 Å². The summed E-state index contributed by atoms with van der Waals surface area (Å²) in [5.74, 6) is -0.412. The van der Waals surface area contributed by atoms with Gasteiger partial charge >= 0.3 is 0 Å². The fourth-order valence-electron chi connectivity index (χ4n) is 1.96. The Bertz CT molecular complexity index is 609. The third kappa shape index (κ3) is 6.02. The summed E-state index contributed by atoms with van der Waals surface area (Å²) in [7, 11) is 0. The maximum absolute atomic E-state index is 12.4. The van der Waals surface area contributed by atoms with Gasteiger partial charge in [0.2, 0.25) is 17.7 Å². The van der Waals surface area contributed by atoms with Crippen LogP contribution >= 0.6 is 0 Å². The molecule has 6 nitrogen and oxygen atoms in total. The fraction of sp³-hybridized carbons (Fsp3) is 0.500. The number of carbonyl (C=O) groups excluding carboxylic acids is 3. The van der Waals surface area contributed by atoms with Crippen molar-refractivity contribution < 1.29 is 14.4 Å². The second-order valence-corrected chi connectivity index (χ2v) is 6.78. The van der Waals surface area contributed by atoms with E-state index in [-0.39, 0.29) is 11.8 Å². The summed E-state index contributed by atoms with van der Waals surface area (Å²) < 4.78 is 0. The molecule has 0 fully saturated rings. The summed E-state index contributed by atoms with van der Waals surface area (Å²) >= 11 is 0. The average Bonchev–Trinajstić information content (AvgIpc) is 2.46. The van der Waals surface area contributed by atoms with E-state index in [1.54, 1.807) is 38.1 Å². The molecular weight excluding hydrogens is 306 g/mol. The standard InChI is InChI=1S/C18H27N3O3/c1-12(2)9-10-19-16(23)18(4,5)17(24)21-15-8-6-7-14(11-15)20-13(3)22/h6-8,11-12H,9-10H2,1-5H3,(H,19,23)(H,20,22)(H,21,24). The zero-order valence-electron chi connectivity index (χ0n) is 15.0. The third-order valence-corrected chi connectivity index (χ3v) is 3.58. The number of hydrogen-bond acceptors (Lipinski definition) is 3. The van der Waals surface area contributed by atoms with Crippen molar-refractivity contribution in [2.24, 2.45) is 11.3 Å².